The van der Waals surface area contributed by atoms with Crippen molar-refractivity contribution in [2.24, 2.45) is 0 Å². The zero-order valence-electron chi connectivity index (χ0n) is 18.4. The summed E-state index contributed by atoms with van der Waals surface area (Å²) < 4.78 is 35.3. The maximum Gasteiger partial charge on any atom is 0.253 e. The Balaban J connectivity index is 1.51. The molecule has 2 fully saturated rings. The number of fused-ring (bicyclic) bond motifs is 1. The molecular formula is C22H23Cl2N3O4S3. The fourth-order valence-electron chi connectivity index (χ4n) is 4.46. The number of halogens is 2. The Morgan fingerprint density at radius 1 is 1.21 bits per heavy atom. The van der Waals surface area contributed by atoms with Gasteiger partial charge in [0.15, 0.2) is 5.13 Å². The molecule has 5 rings (SSSR count). The normalized spacial score (nSPS) is 21.5. The van der Waals surface area contributed by atoms with Gasteiger partial charge in [0.1, 0.15) is 10.3 Å². The van der Waals surface area contributed by atoms with Crippen LogP contribution >= 0.6 is 45.9 Å². The van der Waals surface area contributed by atoms with Gasteiger partial charge in [0.05, 0.1) is 27.2 Å². The molecule has 2 aromatic heterocycles. The molecular weight excluding hydrogens is 537 g/mol. The molecule has 2 aliphatic rings. The van der Waals surface area contributed by atoms with Crippen molar-refractivity contribution in [1.82, 2.24) is 9.29 Å². The number of aryl methyl sites for hydroxylation is 1. The topological polar surface area (TPSA) is 79.8 Å². The minimum Gasteiger partial charge on any atom is -0.376 e. The van der Waals surface area contributed by atoms with Gasteiger partial charge in [-0.2, -0.15) is 4.31 Å². The zero-order chi connectivity index (χ0) is 24.0. The molecule has 2 unspecified atom stereocenters. The molecule has 34 heavy (non-hydrogen) atoms. The first kappa shape index (κ1) is 24.4. The number of ether oxygens (including phenoxy) is 1. The van der Waals surface area contributed by atoms with Gasteiger partial charge in [0.2, 0.25) is 5.91 Å². The number of aromatic nitrogens is 1. The molecule has 2 saturated heterocycles. The molecule has 3 aromatic rings. The molecule has 0 N–H and O–H groups in total. The van der Waals surface area contributed by atoms with E-state index in [1.54, 1.807) is 11.0 Å². The van der Waals surface area contributed by atoms with Gasteiger partial charge in [0.25, 0.3) is 10.0 Å². The van der Waals surface area contributed by atoms with Crippen LogP contribution < -0.4 is 4.90 Å². The van der Waals surface area contributed by atoms with Crippen molar-refractivity contribution in [3.63, 3.8) is 0 Å². The highest BCUT2D eigenvalue weighted by Crippen LogP contribution is 2.37. The molecule has 7 nitrogen and oxygen atoms in total. The summed E-state index contributed by atoms with van der Waals surface area (Å²) in [6.45, 7) is 3.18. The zero-order valence-corrected chi connectivity index (χ0v) is 22.3. The van der Waals surface area contributed by atoms with E-state index in [2.05, 4.69) is 0 Å². The van der Waals surface area contributed by atoms with E-state index in [1.165, 1.54) is 21.7 Å². The first-order valence-electron chi connectivity index (χ1n) is 11.0. The Labute approximate surface area is 216 Å². The lowest BCUT2D eigenvalue weighted by molar-refractivity contribution is -0.122. The van der Waals surface area contributed by atoms with Gasteiger partial charge in [0, 0.05) is 18.2 Å². The summed E-state index contributed by atoms with van der Waals surface area (Å²) in [6, 6.07) is 5.97. The second-order valence-corrected chi connectivity index (χ2v) is 13.7. The number of carbonyl (C=O) groups is 1. The van der Waals surface area contributed by atoms with Crippen LogP contribution in [-0.4, -0.2) is 55.5 Å². The largest absolute Gasteiger partial charge is 0.376 e. The lowest BCUT2D eigenvalue weighted by Crippen LogP contribution is -2.49. The van der Waals surface area contributed by atoms with Crippen molar-refractivity contribution < 1.29 is 17.9 Å². The molecule has 4 heterocycles. The van der Waals surface area contributed by atoms with Crippen molar-refractivity contribution >= 4 is 77.2 Å². The van der Waals surface area contributed by atoms with Gasteiger partial charge in [-0.25, -0.2) is 13.4 Å². The molecule has 0 bridgehead atoms. The van der Waals surface area contributed by atoms with Crippen LogP contribution in [0.5, 0.6) is 0 Å². The smallest absolute Gasteiger partial charge is 0.253 e. The number of thiazole rings is 1. The highest BCUT2D eigenvalue weighted by molar-refractivity contribution is 7.91. The number of hydrogen-bond acceptors (Lipinski definition) is 7. The van der Waals surface area contributed by atoms with Crippen molar-refractivity contribution in [3.8, 4) is 0 Å². The maximum absolute atomic E-state index is 13.9. The number of sulfonamides is 1. The van der Waals surface area contributed by atoms with Gasteiger partial charge >= 0.3 is 0 Å². The Kier molecular flexibility index (Phi) is 6.93. The van der Waals surface area contributed by atoms with Crippen molar-refractivity contribution in [3.05, 3.63) is 39.2 Å². The third kappa shape index (κ3) is 4.50. The number of anilines is 1. The predicted octanol–water partition coefficient (Wildman–Crippen LogP) is 5.34. The number of carbonyl (C=O) groups excluding carboxylic acids is 1. The SMILES string of the molecule is Cc1c(Cl)ccc2sc(N(CC3CCCO3)C(=O)C3CCCN3S(=O)(=O)c3ccc(Cl)s3)nc12. The lowest BCUT2D eigenvalue weighted by atomic mass is 10.2. The van der Waals surface area contributed by atoms with Crippen LogP contribution in [0.3, 0.4) is 0 Å². The summed E-state index contributed by atoms with van der Waals surface area (Å²) >= 11 is 14.7. The molecule has 1 amide bonds. The Morgan fingerprint density at radius 2 is 2.03 bits per heavy atom. The van der Waals surface area contributed by atoms with E-state index in [4.69, 9.17) is 32.9 Å². The second kappa shape index (κ2) is 9.65. The minimum atomic E-state index is -3.84. The summed E-state index contributed by atoms with van der Waals surface area (Å²) in [7, 11) is -3.84. The van der Waals surface area contributed by atoms with Crippen LogP contribution in [0.4, 0.5) is 5.13 Å². The van der Waals surface area contributed by atoms with E-state index in [0.717, 1.165) is 40.0 Å². The first-order chi connectivity index (χ1) is 16.3. The van der Waals surface area contributed by atoms with Crippen LogP contribution in [0.15, 0.2) is 28.5 Å². The molecule has 1 aromatic carbocycles. The average molecular weight is 561 g/mol. The molecule has 0 spiro atoms. The maximum atomic E-state index is 13.9. The minimum absolute atomic E-state index is 0.108. The van der Waals surface area contributed by atoms with Crippen LogP contribution in [0.2, 0.25) is 9.36 Å². The molecule has 12 heteroatoms. The standard InChI is InChI=1S/C22H23Cl2N3O4S3/c1-13-15(23)6-7-17-20(13)25-22(32-17)26(12-14-4-3-11-31-14)21(28)16-5-2-10-27(16)34(29,30)19-9-8-18(24)33-19/h6-9,14,16H,2-5,10-12H2,1H3. The van der Waals surface area contributed by atoms with Crippen LogP contribution in [0.1, 0.15) is 31.2 Å². The number of benzene rings is 1. The third-order valence-electron chi connectivity index (χ3n) is 6.24. The third-order valence-corrected chi connectivity index (χ3v) is 11.3. The molecule has 2 atom stereocenters. The number of nitrogens with zero attached hydrogens (tertiary/aromatic N) is 3. The van der Waals surface area contributed by atoms with Crippen molar-refractivity contribution in [2.75, 3.05) is 24.6 Å². The molecule has 2 aliphatic heterocycles. The first-order valence-corrected chi connectivity index (χ1v) is 14.8. The Morgan fingerprint density at radius 3 is 2.74 bits per heavy atom. The quantitative estimate of drug-likeness (QED) is 0.407. The van der Waals surface area contributed by atoms with E-state index in [1.807, 2.05) is 19.1 Å². The number of thiophene rings is 1. The van der Waals surface area contributed by atoms with Gasteiger partial charge in [-0.1, -0.05) is 34.5 Å². The summed E-state index contributed by atoms with van der Waals surface area (Å²) in [4.78, 5) is 20.3. The van der Waals surface area contributed by atoms with Gasteiger partial charge in [-0.15, -0.1) is 11.3 Å². The van der Waals surface area contributed by atoms with E-state index < -0.39 is 16.1 Å². The van der Waals surface area contributed by atoms with Crippen LogP contribution in [0, 0.1) is 6.92 Å². The number of hydrogen-bond donors (Lipinski definition) is 0. The van der Waals surface area contributed by atoms with E-state index in [9.17, 15) is 13.2 Å². The van der Waals surface area contributed by atoms with Gasteiger partial charge in [-0.3, -0.25) is 9.69 Å². The highest BCUT2D eigenvalue weighted by atomic mass is 35.5. The van der Waals surface area contributed by atoms with Crippen LogP contribution in [-0.2, 0) is 19.6 Å². The fraction of sp³-hybridized carbons (Fsp3) is 0.455. The van der Waals surface area contributed by atoms with E-state index in [-0.39, 0.29) is 22.8 Å². The lowest BCUT2D eigenvalue weighted by Gasteiger charge is -2.29. The van der Waals surface area contributed by atoms with Crippen LogP contribution in [0.25, 0.3) is 10.2 Å². The van der Waals surface area contributed by atoms with E-state index in [0.29, 0.717) is 40.5 Å². The molecule has 0 saturated carbocycles. The summed E-state index contributed by atoms with van der Waals surface area (Å²) in [5.41, 5.74) is 1.60. The van der Waals surface area contributed by atoms with Gasteiger partial charge in [-0.05, 0) is 62.4 Å². The number of amides is 1. The Hall–Kier alpha value is -1.27. The predicted molar refractivity (Wildman–Crippen MR) is 137 cm³/mol. The number of rotatable bonds is 6. The molecule has 0 radical (unpaired) electrons. The summed E-state index contributed by atoms with van der Waals surface area (Å²) in [5.74, 6) is -0.276. The molecule has 0 aliphatic carbocycles. The highest BCUT2D eigenvalue weighted by Gasteiger charge is 2.43. The molecule has 182 valence electrons. The average Bonchev–Trinajstić information content (AvgIpc) is 3.60. The van der Waals surface area contributed by atoms with E-state index >= 15 is 0 Å². The monoisotopic (exact) mass is 559 g/mol. The van der Waals surface area contributed by atoms with Crippen molar-refractivity contribution in [1.29, 1.82) is 0 Å². The Bertz CT molecular complexity index is 1330. The fourth-order valence-corrected chi connectivity index (χ4v) is 8.92. The summed E-state index contributed by atoms with van der Waals surface area (Å²) in [6.07, 6.45) is 2.74. The second-order valence-electron chi connectivity index (χ2n) is 8.43. The summed E-state index contributed by atoms with van der Waals surface area (Å²) in [5, 5.41) is 1.15. The van der Waals surface area contributed by atoms with Gasteiger partial charge < -0.3 is 4.74 Å². The van der Waals surface area contributed by atoms with Crippen molar-refractivity contribution in [2.45, 2.75) is 49.0 Å².